The van der Waals surface area contributed by atoms with Crippen molar-refractivity contribution in [3.05, 3.63) is 101 Å². The molecular weight excluding hydrogens is 548 g/mol. The first-order valence-corrected chi connectivity index (χ1v) is 15.0. The first kappa shape index (κ1) is 31.1. The maximum atomic E-state index is 14.1. The lowest BCUT2D eigenvalue weighted by Gasteiger charge is -2.34. The smallest absolute Gasteiger partial charge is 0.304 e. The third kappa shape index (κ3) is 8.55. The van der Waals surface area contributed by atoms with E-state index in [0.717, 1.165) is 32.6 Å². The number of halogens is 1. The number of hydrogen-bond donors (Lipinski definition) is 1. The zero-order valence-electron chi connectivity index (χ0n) is 23.2. The molecule has 3 rings (SSSR count). The Bertz CT molecular complexity index is 1350. The monoisotopic (exact) mass is 584 g/mol. The number of nitrogens with zero attached hydrogens (tertiary/aromatic N) is 3. The fourth-order valence-electron chi connectivity index (χ4n) is 4.20. The summed E-state index contributed by atoms with van der Waals surface area (Å²) in [7, 11) is -1.19. The Morgan fingerprint density at radius 3 is 2.12 bits per heavy atom. The van der Waals surface area contributed by atoms with E-state index in [9.17, 15) is 18.0 Å². The Hall–Kier alpha value is -3.40. The maximum Gasteiger partial charge on any atom is 0.304 e. The van der Waals surface area contributed by atoms with Crippen molar-refractivity contribution in [2.45, 2.75) is 38.8 Å². The lowest BCUT2D eigenvalue weighted by molar-refractivity contribution is -0.140. The van der Waals surface area contributed by atoms with Gasteiger partial charge in [-0.1, -0.05) is 85.6 Å². The Morgan fingerprint density at radius 2 is 1.52 bits per heavy atom. The Labute approximate surface area is 242 Å². The summed E-state index contributed by atoms with van der Waals surface area (Å²) in [5, 5.41) is 3.47. The van der Waals surface area contributed by atoms with Gasteiger partial charge in [0.25, 0.3) is 0 Å². The molecule has 1 unspecified atom stereocenters. The van der Waals surface area contributed by atoms with Crippen LogP contribution in [0.4, 0.5) is 5.69 Å². The van der Waals surface area contributed by atoms with Gasteiger partial charge in [0.15, 0.2) is 0 Å². The molecule has 40 heavy (non-hydrogen) atoms. The molecule has 0 heterocycles. The molecule has 3 aromatic rings. The van der Waals surface area contributed by atoms with Crippen molar-refractivity contribution in [3.63, 3.8) is 0 Å². The number of carbonyl (C=O) groups excluding carboxylic acids is 2. The van der Waals surface area contributed by atoms with E-state index in [4.69, 9.17) is 11.6 Å². The van der Waals surface area contributed by atoms with Crippen molar-refractivity contribution in [2.24, 2.45) is 0 Å². The largest absolute Gasteiger partial charge is 0.354 e. The molecule has 0 fully saturated rings. The SMILES string of the molecule is CCCCNC(=O)C(Cc1ccccc1)N(Cc1cccc(Cl)c1)C(=O)CN(c1ccccc1)S(=O)(=O)N(C)C. The molecule has 2 amide bonds. The summed E-state index contributed by atoms with van der Waals surface area (Å²) < 4.78 is 28.8. The molecule has 0 aromatic heterocycles. The zero-order chi connectivity index (χ0) is 29.1. The van der Waals surface area contributed by atoms with Crippen LogP contribution in [-0.2, 0) is 32.8 Å². The van der Waals surface area contributed by atoms with Crippen LogP contribution < -0.4 is 9.62 Å². The fourth-order valence-corrected chi connectivity index (χ4v) is 5.47. The predicted octanol–water partition coefficient (Wildman–Crippen LogP) is 4.51. The number of anilines is 1. The van der Waals surface area contributed by atoms with E-state index in [1.807, 2.05) is 43.3 Å². The molecule has 10 heteroatoms. The summed E-state index contributed by atoms with van der Waals surface area (Å²) in [4.78, 5) is 29.2. The van der Waals surface area contributed by atoms with E-state index in [1.165, 1.54) is 19.0 Å². The van der Waals surface area contributed by atoms with Crippen molar-refractivity contribution < 1.29 is 18.0 Å². The highest BCUT2D eigenvalue weighted by Gasteiger charge is 2.34. The zero-order valence-corrected chi connectivity index (χ0v) is 24.7. The number of para-hydroxylation sites is 1. The van der Waals surface area contributed by atoms with E-state index < -0.39 is 28.7 Å². The highest BCUT2D eigenvalue weighted by Crippen LogP contribution is 2.22. The normalized spacial score (nSPS) is 12.1. The van der Waals surface area contributed by atoms with Gasteiger partial charge in [-0.15, -0.1) is 0 Å². The van der Waals surface area contributed by atoms with E-state index >= 15 is 0 Å². The minimum atomic E-state index is -4.03. The van der Waals surface area contributed by atoms with Crippen molar-refractivity contribution in [1.29, 1.82) is 0 Å². The van der Waals surface area contributed by atoms with Crippen LogP contribution in [0.5, 0.6) is 0 Å². The number of hydrogen-bond acceptors (Lipinski definition) is 4. The van der Waals surface area contributed by atoms with Crippen LogP contribution in [0.15, 0.2) is 84.9 Å². The third-order valence-electron chi connectivity index (χ3n) is 6.41. The van der Waals surface area contributed by atoms with Gasteiger partial charge in [-0.05, 0) is 41.8 Å². The Morgan fingerprint density at radius 1 is 0.900 bits per heavy atom. The lowest BCUT2D eigenvalue weighted by atomic mass is 10.0. The minimum Gasteiger partial charge on any atom is -0.354 e. The molecular formula is C30H37ClN4O4S. The Kier molecular flexibility index (Phi) is 11.5. The highest BCUT2D eigenvalue weighted by molar-refractivity contribution is 7.90. The fraction of sp³-hybridized carbons (Fsp3) is 0.333. The maximum absolute atomic E-state index is 14.1. The molecule has 1 N–H and O–H groups in total. The van der Waals surface area contributed by atoms with Gasteiger partial charge in [-0.25, -0.2) is 4.31 Å². The van der Waals surface area contributed by atoms with E-state index in [-0.39, 0.29) is 18.9 Å². The van der Waals surface area contributed by atoms with Crippen LogP contribution >= 0.6 is 11.6 Å². The molecule has 0 aliphatic rings. The van der Waals surface area contributed by atoms with E-state index in [1.54, 1.807) is 48.5 Å². The number of benzene rings is 3. The molecule has 0 saturated carbocycles. The lowest BCUT2D eigenvalue weighted by Crippen LogP contribution is -2.54. The molecule has 3 aromatic carbocycles. The molecule has 0 bridgehead atoms. The molecule has 0 aliphatic heterocycles. The van der Waals surface area contributed by atoms with Crippen LogP contribution in [-0.4, -0.2) is 62.7 Å². The first-order valence-electron chi connectivity index (χ1n) is 13.2. The minimum absolute atomic E-state index is 0.0722. The summed E-state index contributed by atoms with van der Waals surface area (Å²) >= 11 is 6.25. The summed E-state index contributed by atoms with van der Waals surface area (Å²) in [6.45, 7) is 2.10. The van der Waals surface area contributed by atoms with E-state index in [0.29, 0.717) is 17.3 Å². The van der Waals surface area contributed by atoms with Gasteiger partial charge >= 0.3 is 10.2 Å². The summed E-state index contributed by atoms with van der Waals surface area (Å²) in [5.74, 6) is -0.810. The quantitative estimate of drug-likeness (QED) is 0.282. The highest BCUT2D eigenvalue weighted by atomic mass is 35.5. The average molecular weight is 585 g/mol. The number of nitrogens with one attached hydrogen (secondary N) is 1. The molecule has 214 valence electrons. The van der Waals surface area contributed by atoms with Crippen LogP contribution in [0.25, 0.3) is 0 Å². The molecule has 1 atom stereocenters. The van der Waals surface area contributed by atoms with E-state index in [2.05, 4.69) is 5.32 Å². The standard InChI is InChI=1S/C30H37ClN4O4S/c1-4-5-19-32-30(37)28(21-24-13-8-6-9-14-24)34(22-25-15-12-16-26(31)20-25)29(36)23-35(40(38,39)33(2)3)27-17-10-7-11-18-27/h6-18,20,28H,4-5,19,21-23H2,1-3H3,(H,32,37). The van der Waals surface area contributed by atoms with Crippen LogP contribution in [0.1, 0.15) is 30.9 Å². The average Bonchev–Trinajstić information content (AvgIpc) is 2.94. The summed E-state index contributed by atoms with van der Waals surface area (Å²) in [6.07, 6.45) is 1.97. The Balaban J connectivity index is 2.05. The molecule has 0 saturated heterocycles. The van der Waals surface area contributed by atoms with Gasteiger partial charge in [0.2, 0.25) is 11.8 Å². The summed E-state index contributed by atoms with van der Waals surface area (Å²) in [6, 6.07) is 24.1. The van der Waals surface area contributed by atoms with Gasteiger partial charge in [0, 0.05) is 38.6 Å². The number of carbonyl (C=O) groups is 2. The summed E-state index contributed by atoms with van der Waals surface area (Å²) in [5.41, 5.74) is 1.95. The van der Waals surface area contributed by atoms with Gasteiger partial charge in [-0.3, -0.25) is 9.59 Å². The van der Waals surface area contributed by atoms with Crippen molar-refractivity contribution in [3.8, 4) is 0 Å². The van der Waals surface area contributed by atoms with Gasteiger partial charge < -0.3 is 10.2 Å². The van der Waals surface area contributed by atoms with Crippen molar-refractivity contribution in [2.75, 3.05) is 31.5 Å². The third-order valence-corrected chi connectivity index (χ3v) is 8.46. The number of rotatable bonds is 14. The molecule has 0 radical (unpaired) electrons. The first-order chi connectivity index (χ1) is 19.1. The topological polar surface area (TPSA) is 90.0 Å². The van der Waals surface area contributed by atoms with Crippen molar-refractivity contribution in [1.82, 2.24) is 14.5 Å². The van der Waals surface area contributed by atoms with Crippen LogP contribution in [0.3, 0.4) is 0 Å². The second-order valence-corrected chi connectivity index (χ2v) is 12.1. The van der Waals surface area contributed by atoms with Crippen molar-refractivity contribution >= 4 is 39.3 Å². The van der Waals surface area contributed by atoms with Gasteiger partial charge in [0.05, 0.1) is 5.69 Å². The predicted molar refractivity (Wildman–Crippen MR) is 160 cm³/mol. The van der Waals surface area contributed by atoms with Crippen LogP contribution in [0, 0.1) is 0 Å². The van der Waals surface area contributed by atoms with Gasteiger partial charge in [0.1, 0.15) is 12.6 Å². The van der Waals surface area contributed by atoms with Gasteiger partial charge in [-0.2, -0.15) is 12.7 Å². The molecule has 0 spiro atoms. The molecule has 8 nitrogen and oxygen atoms in total. The second kappa shape index (κ2) is 14.8. The molecule has 0 aliphatic carbocycles. The van der Waals surface area contributed by atoms with Crippen LogP contribution in [0.2, 0.25) is 5.02 Å². The number of amides is 2. The number of unbranched alkanes of at least 4 members (excludes halogenated alkanes) is 1. The second-order valence-electron chi connectivity index (χ2n) is 9.63.